The van der Waals surface area contributed by atoms with Gasteiger partial charge >= 0.3 is 0 Å². The summed E-state index contributed by atoms with van der Waals surface area (Å²) in [6.07, 6.45) is 2.50. The van der Waals surface area contributed by atoms with Crippen LogP contribution in [0.3, 0.4) is 0 Å². The first-order valence-electron chi connectivity index (χ1n) is 3.59. The van der Waals surface area contributed by atoms with Crippen molar-refractivity contribution in [2.24, 2.45) is 0 Å². The van der Waals surface area contributed by atoms with E-state index < -0.39 is 5.82 Å². The first-order chi connectivity index (χ1) is 6.27. The summed E-state index contributed by atoms with van der Waals surface area (Å²) in [6, 6.07) is 3.37. The molecule has 0 bridgehead atoms. The van der Waals surface area contributed by atoms with E-state index in [9.17, 15) is 4.39 Å². The Bertz CT molecular complexity index is 413. The summed E-state index contributed by atoms with van der Waals surface area (Å²) >= 11 is 0. The third-order valence-corrected chi connectivity index (χ3v) is 1.51. The largest absolute Gasteiger partial charge is 0.461 e. The van der Waals surface area contributed by atoms with E-state index in [2.05, 4.69) is 9.97 Å². The van der Waals surface area contributed by atoms with Crippen LogP contribution in [0.1, 0.15) is 0 Å². The number of furan rings is 1. The van der Waals surface area contributed by atoms with E-state index in [-0.39, 0.29) is 11.6 Å². The van der Waals surface area contributed by atoms with Gasteiger partial charge in [-0.3, -0.25) is 0 Å². The molecule has 66 valence electrons. The molecule has 5 heteroatoms. The van der Waals surface area contributed by atoms with Gasteiger partial charge in [-0.1, -0.05) is 0 Å². The Hall–Kier alpha value is -1.91. The van der Waals surface area contributed by atoms with Gasteiger partial charge < -0.3 is 10.2 Å². The van der Waals surface area contributed by atoms with Crippen molar-refractivity contribution in [3.05, 3.63) is 30.4 Å². The minimum absolute atomic E-state index is 0.179. The van der Waals surface area contributed by atoms with Crippen LogP contribution in [-0.2, 0) is 0 Å². The Morgan fingerprint density at radius 3 is 2.92 bits per heavy atom. The lowest BCUT2D eigenvalue weighted by molar-refractivity contribution is 0.574. The van der Waals surface area contributed by atoms with Gasteiger partial charge in [0.15, 0.2) is 23.2 Å². The van der Waals surface area contributed by atoms with Crippen LogP contribution in [0.5, 0.6) is 0 Å². The molecule has 2 aromatic heterocycles. The molecule has 2 heterocycles. The molecule has 0 aromatic carbocycles. The summed E-state index contributed by atoms with van der Waals surface area (Å²) in [6.45, 7) is 0. The molecule has 0 spiro atoms. The van der Waals surface area contributed by atoms with E-state index in [1.165, 1.54) is 6.26 Å². The molecule has 0 saturated heterocycles. The highest BCUT2D eigenvalue weighted by atomic mass is 19.1. The highest BCUT2D eigenvalue weighted by Crippen LogP contribution is 2.16. The maximum Gasteiger partial charge on any atom is 0.197 e. The van der Waals surface area contributed by atoms with Crippen LogP contribution in [0.25, 0.3) is 11.6 Å². The number of rotatable bonds is 1. The minimum atomic E-state index is -0.629. The monoisotopic (exact) mass is 179 g/mol. The van der Waals surface area contributed by atoms with Crippen molar-refractivity contribution in [1.29, 1.82) is 0 Å². The number of aromatic nitrogens is 2. The standard InChI is InChI=1S/C8H6FN3O/c9-5-4-11-8(12-7(5)10)6-2-1-3-13-6/h1-4H,(H2,10,11,12). The van der Waals surface area contributed by atoms with Crippen LogP contribution in [0.2, 0.25) is 0 Å². The average molecular weight is 179 g/mol. The smallest absolute Gasteiger partial charge is 0.197 e. The van der Waals surface area contributed by atoms with E-state index in [4.69, 9.17) is 10.2 Å². The van der Waals surface area contributed by atoms with E-state index >= 15 is 0 Å². The normalized spacial score (nSPS) is 10.2. The molecule has 0 unspecified atom stereocenters. The van der Waals surface area contributed by atoms with Crippen LogP contribution >= 0.6 is 0 Å². The van der Waals surface area contributed by atoms with Gasteiger partial charge in [-0.25, -0.2) is 14.4 Å². The number of nitrogen functional groups attached to an aromatic ring is 1. The number of nitrogens with zero attached hydrogens (tertiary/aromatic N) is 2. The van der Waals surface area contributed by atoms with Gasteiger partial charge in [0.05, 0.1) is 12.5 Å². The summed E-state index contributed by atoms with van der Waals surface area (Å²) in [7, 11) is 0. The van der Waals surface area contributed by atoms with Gasteiger partial charge in [-0.15, -0.1) is 0 Å². The molecule has 2 N–H and O–H groups in total. The lowest BCUT2D eigenvalue weighted by Gasteiger charge is -1.97. The van der Waals surface area contributed by atoms with Crippen LogP contribution in [-0.4, -0.2) is 9.97 Å². The first kappa shape index (κ1) is 7.72. The second-order valence-corrected chi connectivity index (χ2v) is 2.40. The van der Waals surface area contributed by atoms with E-state index in [0.717, 1.165) is 6.20 Å². The Labute approximate surface area is 73.2 Å². The van der Waals surface area contributed by atoms with E-state index in [1.54, 1.807) is 12.1 Å². The SMILES string of the molecule is Nc1nc(-c2ccco2)ncc1F. The summed E-state index contributed by atoms with van der Waals surface area (Å²) < 4.78 is 17.7. The molecule has 0 saturated carbocycles. The van der Waals surface area contributed by atoms with Crippen molar-refractivity contribution in [1.82, 2.24) is 9.97 Å². The first-order valence-corrected chi connectivity index (χ1v) is 3.59. The fourth-order valence-corrected chi connectivity index (χ4v) is 0.905. The lowest BCUT2D eigenvalue weighted by Crippen LogP contribution is -1.98. The van der Waals surface area contributed by atoms with Crippen LogP contribution in [0, 0.1) is 5.82 Å². The van der Waals surface area contributed by atoms with Crippen LogP contribution in [0.15, 0.2) is 29.0 Å². The Morgan fingerprint density at radius 2 is 2.31 bits per heavy atom. The van der Waals surface area contributed by atoms with Crippen molar-refractivity contribution in [3.8, 4) is 11.6 Å². The number of halogens is 1. The van der Waals surface area contributed by atoms with Gasteiger partial charge in [-0.2, -0.15) is 0 Å². The predicted octanol–water partition coefficient (Wildman–Crippen LogP) is 1.46. The molecule has 0 fully saturated rings. The highest BCUT2D eigenvalue weighted by molar-refractivity contribution is 5.48. The Morgan fingerprint density at radius 1 is 1.46 bits per heavy atom. The molecule has 0 aliphatic carbocycles. The zero-order valence-corrected chi connectivity index (χ0v) is 6.57. The van der Waals surface area contributed by atoms with Crippen molar-refractivity contribution >= 4 is 5.82 Å². The zero-order valence-electron chi connectivity index (χ0n) is 6.57. The molecular formula is C8H6FN3O. The maximum absolute atomic E-state index is 12.7. The van der Waals surface area contributed by atoms with Crippen LogP contribution in [0.4, 0.5) is 10.2 Å². The summed E-state index contributed by atoms with van der Waals surface area (Å²) in [4.78, 5) is 7.43. The lowest BCUT2D eigenvalue weighted by atomic mass is 10.4. The van der Waals surface area contributed by atoms with Gasteiger partial charge in [0.1, 0.15) is 0 Å². The molecule has 4 nitrogen and oxygen atoms in total. The second kappa shape index (κ2) is 2.85. The van der Waals surface area contributed by atoms with Gasteiger partial charge in [0.2, 0.25) is 0 Å². The van der Waals surface area contributed by atoms with Crippen LogP contribution < -0.4 is 5.73 Å². The molecule has 2 aromatic rings. The van der Waals surface area contributed by atoms with Crippen molar-refractivity contribution in [2.75, 3.05) is 5.73 Å². The molecule has 2 rings (SSSR count). The van der Waals surface area contributed by atoms with Crippen molar-refractivity contribution in [3.63, 3.8) is 0 Å². The van der Waals surface area contributed by atoms with E-state index in [0.29, 0.717) is 5.76 Å². The molecular weight excluding hydrogens is 173 g/mol. The predicted molar refractivity (Wildman–Crippen MR) is 44.1 cm³/mol. The Balaban J connectivity index is 2.49. The third kappa shape index (κ3) is 1.35. The Kier molecular flexibility index (Phi) is 1.70. The topological polar surface area (TPSA) is 64.9 Å². The van der Waals surface area contributed by atoms with Gasteiger partial charge in [0, 0.05) is 0 Å². The zero-order chi connectivity index (χ0) is 9.26. The molecule has 0 atom stereocenters. The van der Waals surface area contributed by atoms with Crippen molar-refractivity contribution in [2.45, 2.75) is 0 Å². The second-order valence-electron chi connectivity index (χ2n) is 2.40. The third-order valence-electron chi connectivity index (χ3n) is 1.51. The minimum Gasteiger partial charge on any atom is -0.461 e. The fraction of sp³-hybridized carbons (Fsp3) is 0. The summed E-state index contributed by atoms with van der Waals surface area (Å²) in [5.41, 5.74) is 5.26. The van der Waals surface area contributed by atoms with E-state index in [1.807, 2.05) is 0 Å². The quantitative estimate of drug-likeness (QED) is 0.719. The number of hydrogen-bond acceptors (Lipinski definition) is 4. The average Bonchev–Trinajstić information content (AvgIpc) is 2.62. The van der Waals surface area contributed by atoms with Crippen molar-refractivity contribution < 1.29 is 8.81 Å². The molecule has 13 heavy (non-hydrogen) atoms. The summed E-state index contributed by atoms with van der Waals surface area (Å²) in [5.74, 6) is -0.0627. The highest BCUT2D eigenvalue weighted by Gasteiger charge is 2.06. The van der Waals surface area contributed by atoms with Gasteiger partial charge in [0.25, 0.3) is 0 Å². The molecule has 0 radical (unpaired) electrons. The molecule has 0 aliphatic rings. The number of nitrogens with two attached hydrogens (primary N) is 1. The molecule has 0 amide bonds. The summed E-state index contributed by atoms with van der Waals surface area (Å²) in [5, 5.41) is 0. The van der Waals surface area contributed by atoms with Gasteiger partial charge in [-0.05, 0) is 12.1 Å². The molecule has 0 aliphatic heterocycles. The maximum atomic E-state index is 12.7. The number of hydrogen-bond donors (Lipinski definition) is 1. The fourth-order valence-electron chi connectivity index (χ4n) is 0.905. The number of anilines is 1.